The highest BCUT2D eigenvalue weighted by molar-refractivity contribution is 6.00. The summed E-state index contributed by atoms with van der Waals surface area (Å²) < 4.78 is 2.33. The highest BCUT2D eigenvalue weighted by Crippen LogP contribution is 2.50. The number of rotatable bonds is 4. The number of nitrogens with zero attached hydrogens (tertiary/aromatic N) is 4. The average molecular weight is 639 g/mol. The molecule has 0 aliphatic carbocycles. The molecule has 0 unspecified atom stereocenters. The Hall–Kier alpha value is -6.78. The summed E-state index contributed by atoms with van der Waals surface area (Å²) in [6.07, 6.45) is 1.91. The molecule has 7 aromatic carbocycles. The Kier molecular flexibility index (Phi) is 6.46. The number of anilines is 3. The molecule has 3 heterocycles. The Morgan fingerprint density at radius 3 is 1.96 bits per heavy atom. The Labute approximate surface area is 290 Å². The zero-order valence-electron chi connectivity index (χ0n) is 27.1. The molecular formula is C46H30N4. The van der Waals surface area contributed by atoms with Crippen LogP contribution >= 0.6 is 0 Å². The first-order valence-corrected chi connectivity index (χ1v) is 16.9. The number of fused-ring (bicyclic) bond motifs is 8. The first-order chi connectivity index (χ1) is 24.8. The third kappa shape index (κ3) is 4.54. The highest BCUT2D eigenvalue weighted by Gasteiger charge is 2.29. The van der Waals surface area contributed by atoms with Crippen LogP contribution in [0.1, 0.15) is 0 Å². The zero-order chi connectivity index (χ0) is 33.0. The molecular weight excluding hydrogens is 609 g/mol. The molecule has 50 heavy (non-hydrogen) atoms. The van der Waals surface area contributed by atoms with Crippen LogP contribution in [0.2, 0.25) is 0 Å². The molecule has 0 atom stereocenters. The van der Waals surface area contributed by atoms with Crippen LogP contribution in [0.25, 0.3) is 72.4 Å². The number of para-hydroxylation sites is 4. The van der Waals surface area contributed by atoms with Crippen molar-refractivity contribution in [2.24, 2.45) is 0 Å². The van der Waals surface area contributed by atoms with Crippen molar-refractivity contribution in [3.63, 3.8) is 0 Å². The topological polar surface area (TPSA) is 34.0 Å². The van der Waals surface area contributed by atoms with Gasteiger partial charge in [0.2, 0.25) is 0 Å². The summed E-state index contributed by atoms with van der Waals surface area (Å²) in [6.45, 7) is 0. The van der Waals surface area contributed by atoms with E-state index in [4.69, 9.17) is 9.97 Å². The molecule has 10 rings (SSSR count). The summed E-state index contributed by atoms with van der Waals surface area (Å²) >= 11 is 0. The Morgan fingerprint density at radius 2 is 1.12 bits per heavy atom. The second-order valence-electron chi connectivity index (χ2n) is 12.7. The predicted octanol–water partition coefficient (Wildman–Crippen LogP) is 12.0. The molecule has 0 amide bonds. The minimum atomic E-state index is 0.920. The molecule has 9 aromatic rings. The van der Waals surface area contributed by atoms with Crippen LogP contribution in [0.5, 0.6) is 0 Å². The van der Waals surface area contributed by atoms with Crippen LogP contribution in [-0.4, -0.2) is 14.5 Å². The number of hydrogen-bond donors (Lipinski definition) is 0. The van der Waals surface area contributed by atoms with Crippen LogP contribution < -0.4 is 4.90 Å². The van der Waals surface area contributed by atoms with Crippen molar-refractivity contribution in [2.45, 2.75) is 0 Å². The standard InChI is InChI=1S/C46H30N4/c1-3-13-31(14-4-1)34-23-24-41-39(30-34)46-48-40-19-9-10-20-42(40)50(46)44-22-12-11-21-43(44)49(41)37-28-35(32-15-5-2-6-16-32)27-36(29-37)45-38-18-8-7-17-33(38)25-26-47-45/h1-30H. The quantitative estimate of drug-likeness (QED) is 0.192. The molecule has 0 saturated carbocycles. The third-order valence-electron chi connectivity index (χ3n) is 9.74. The van der Waals surface area contributed by atoms with Crippen molar-refractivity contribution in [1.82, 2.24) is 14.5 Å². The van der Waals surface area contributed by atoms with Crippen molar-refractivity contribution < 1.29 is 0 Å². The molecule has 1 aliphatic rings. The van der Waals surface area contributed by atoms with E-state index in [0.29, 0.717) is 0 Å². The number of pyridine rings is 1. The lowest BCUT2D eigenvalue weighted by Crippen LogP contribution is -2.12. The Bertz CT molecular complexity index is 2710. The second-order valence-corrected chi connectivity index (χ2v) is 12.7. The fraction of sp³-hybridized carbons (Fsp3) is 0. The SMILES string of the molecule is c1ccc(-c2cc(-c3nccc4ccccc34)cc(N3c4ccc(-c5ccccc5)cc4-c4nc5ccccc5n4-c4ccccc43)c2)cc1. The fourth-order valence-corrected chi connectivity index (χ4v) is 7.45. The highest BCUT2D eigenvalue weighted by atomic mass is 15.2. The molecule has 234 valence electrons. The van der Waals surface area contributed by atoms with E-state index in [0.717, 1.165) is 78.5 Å². The predicted molar refractivity (Wildman–Crippen MR) is 206 cm³/mol. The van der Waals surface area contributed by atoms with Crippen molar-refractivity contribution in [2.75, 3.05) is 4.90 Å². The lowest BCUT2D eigenvalue weighted by Gasteiger charge is -2.28. The molecule has 0 radical (unpaired) electrons. The van der Waals surface area contributed by atoms with Gasteiger partial charge in [0, 0.05) is 28.4 Å². The van der Waals surface area contributed by atoms with E-state index < -0.39 is 0 Å². The Morgan fingerprint density at radius 1 is 0.440 bits per heavy atom. The first-order valence-electron chi connectivity index (χ1n) is 16.9. The van der Waals surface area contributed by atoms with E-state index in [1.807, 2.05) is 6.20 Å². The van der Waals surface area contributed by atoms with Crippen LogP contribution in [0.4, 0.5) is 17.1 Å². The van der Waals surface area contributed by atoms with E-state index in [9.17, 15) is 0 Å². The molecule has 0 saturated heterocycles. The fourth-order valence-electron chi connectivity index (χ4n) is 7.45. The van der Waals surface area contributed by atoms with Gasteiger partial charge in [0.05, 0.1) is 33.8 Å². The third-order valence-corrected chi connectivity index (χ3v) is 9.74. The van der Waals surface area contributed by atoms with Gasteiger partial charge >= 0.3 is 0 Å². The number of benzene rings is 7. The number of hydrogen-bond acceptors (Lipinski definition) is 3. The van der Waals surface area contributed by atoms with Gasteiger partial charge in [0.15, 0.2) is 0 Å². The van der Waals surface area contributed by atoms with Gasteiger partial charge in [-0.2, -0.15) is 0 Å². The van der Waals surface area contributed by atoms with Crippen molar-refractivity contribution in [3.05, 3.63) is 182 Å². The van der Waals surface area contributed by atoms with Gasteiger partial charge in [0.1, 0.15) is 5.82 Å². The summed E-state index contributed by atoms with van der Waals surface area (Å²) in [4.78, 5) is 12.7. The van der Waals surface area contributed by atoms with Gasteiger partial charge in [0.25, 0.3) is 0 Å². The van der Waals surface area contributed by atoms with Gasteiger partial charge in [-0.1, -0.05) is 115 Å². The number of aromatic nitrogens is 3. The molecule has 0 spiro atoms. The van der Waals surface area contributed by atoms with Gasteiger partial charge in [-0.25, -0.2) is 4.98 Å². The Balaban J connectivity index is 1.29. The maximum absolute atomic E-state index is 5.31. The van der Waals surface area contributed by atoms with Crippen LogP contribution in [0, 0.1) is 0 Å². The van der Waals surface area contributed by atoms with Gasteiger partial charge in [-0.05, 0) is 88.3 Å². The van der Waals surface area contributed by atoms with E-state index >= 15 is 0 Å². The maximum atomic E-state index is 5.31. The summed E-state index contributed by atoms with van der Waals surface area (Å²) in [6, 6.07) is 62.5. The molecule has 0 bridgehead atoms. The van der Waals surface area contributed by atoms with Gasteiger partial charge in [-0.3, -0.25) is 9.55 Å². The minimum absolute atomic E-state index is 0.920. The van der Waals surface area contributed by atoms with Crippen LogP contribution in [-0.2, 0) is 0 Å². The van der Waals surface area contributed by atoms with Crippen LogP contribution in [0.15, 0.2) is 182 Å². The van der Waals surface area contributed by atoms with Crippen LogP contribution in [0.3, 0.4) is 0 Å². The van der Waals surface area contributed by atoms with Gasteiger partial charge in [-0.15, -0.1) is 0 Å². The van der Waals surface area contributed by atoms with E-state index in [1.54, 1.807) is 0 Å². The summed E-state index contributed by atoms with van der Waals surface area (Å²) in [5.74, 6) is 0.920. The zero-order valence-corrected chi connectivity index (χ0v) is 27.1. The molecule has 0 fully saturated rings. The number of imidazole rings is 1. The smallest absolute Gasteiger partial charge is 0.147 e. The lowest BCUT2D eigenvalue weighted by molar-refractivity contribution is 1.11. The average Bonchev–Trinajstić information content (AvgIpc) is 3.53. The van der Waals surface area contributed by atoms with E-state index in [-0.39, 0.29) is 0 Å². The van der Waals surface area contributed by atoms with E-state index in [2.05, 4.69) is 185 Å². The summed E-state index contributed by atoms with van der Waals surface area (Å²) in [7, 11) is 0. The maximum Gasteiger partial charge on any atom is 0.147 e. The molecule has 4 nitrogen and oxygen atoms in total. The van der Waals surface area contributed by atoms with Crippen molar-refractivity contribution in [3.8, 4) is 50.6 Å². The van der Waals surface area contributed by atoms with Gasteiger partial charge < -0.3 is 4.90 Å². The molecule has 4 heteroatoms. The minimum Gasteiger partial charge on any atom is -0.308 e. The largest absolute Gasteiger partial charge is 0.308 e. The van der Waals surface area contributed by atoms with Crippen molar-refractivity contribution >= 4 is 38.9 Å². The first kappa shape index (κ1) is 28.3. The van der Waals surface area contributed by atoms with Crippen molar-refractivity contribution in [1.29, 1.82) is 0 Å². The molecule has 2 aromatic heterocycles. The second kappa shape index (κ2) is 11.4. The van der Waals surface area contributed by atoms with E-state index in [1.165, 1.54) is 10.9 Å². The molecule has 0 N–H and O–H groups in total. The summed E-state index contributed by atoms with van der Waals surface area (Å²) in [5, 5.41) is 2.29. The molecule has 1 aliphatic heterocycles. The monoisotopic (exact) mass is 638 g/mol. The normalized spacial score (nSPS) is 12.0. The summed E-state index contributed by atoms with van der Waals surface area (Å²) in [5.41, 5.74) is 14.0. The lowest BCUT2D eigenvalue weighted by atomic mass is 9.96.